The molecule has 2 aliphatic heterocycles. The lowest BCUT2D eigenvalue weighted by Gasteiger charge is -2.32. The Kier molecular flexibility index (Phi) is 5.97. The summed E-state index contributed by atoms with van der Waals surface area (Å²) in [6, 6.07) is 6.26. The van der Waals surface area contributed by atoms with E-state index in [0.29, 0.717) is 30.8 Å². The minimum absolute atomic E-state index is 0.148. The molecular formula is C21H24N4O4. The summed E-state index contributed by atoms with van der Waals surface area (Å²) >= 11 is 0. The molecule has 152 valence electrons. The molecule has 0 aliphatic carbocycles. The molecule has 0 spiro atoms. The predicted molar refractivity (Wildman–Crippen MR) is 104 cm³/mol. The minimum atomic E-state index is -0.360. The Morgan fingerprint density at radius 1 is 1.17 bits per heavy atom. The Morgan fingerprint density at radius 2 is 1.83 bits per heavy atom. The van der Waals surface area contributed by atoms with E-state index in [1.54, 1.807) is 30.9 Å². The Labute approximate surface area is 169 Å². The van der Waals surface area contributed by atoms with Crippen LogP contribution < -0.4 is 5.32 Å². The van der Waals surface area contributed by atoms with Gasteiger partial charge in [0.05, 0.1) is 17.2 Å². The van der Waals surface area contributed by atoms with Crippen molar-refractivity contribution >= 4 is 23.6 Å². The van der Waals surface area contributed by atoms with Gasteiger partial charge in [-0.1, -0.05) is 0 Å². The average molecular weight is 396 g/mol. The van der Waals surface area contributed by atoms with Gasteiger partial charge in [-0.15, -0.1) is 0 Å². The van der Waals surface area contributed by atoms with Crippen molar-refractivity contribution in [2.24, 2.45) is 5.92 Å². The fraction of sp³-hybridized carbons (Fsp3) is 0.476. The number of rotatable bonds is 5. The molecule has 4 amide bonds. The molecule has 8 nitrogen and oxygen atoms in total. The number of carbonyl (C=O) groups is 4. The van der Waals surface area contributed by atoms with Crippen molar-refractivity contribution in [3.8, 4) is 6.07 Å². The first-order valence-corrected chi connectivity index (χ1v) is 9.78. The summed E-state index contributed by atoms with van der Waals surface area (Å²) in [5.74, 6) is -0.859. The van der Waals surface area contributed by atoms with E-state index >= 15 is 0 Å². The van der Waals surface area contributed by atoms with Gasteiger partial charge in [0.1, 0.15) is 6.42 Å². The molecule has 0 aromatic heterocycles. The van der Waals surface area contributed by atoms with E-state index in [4.69, 9.17) is 5.26 Å². The molecule has 0 unspecified atom stereocenters. The lowest BCUT2D eigenvalue weighted by Crippen LogP contribution is -2.41. The highest BCUT2D eigenvalue weighted by molar-refractivity contribution is 6.22. The highest BCUT2D eigenvalue weighted by atomic mass is 16.2. The molecule has 1 fully saturated rings. The summed E-state index contributed by atoms with van der Waals surface area (Å²) < 4.78 is 0. The summed E-state index contributed by atoms with van der Waals surface area (Å²) in [4.78, 5) is 52.1. The van der Waals surface area contributed by atoms with E-state index in [1.807, 2.05) is 6.07 Å². The fourth-order valence-electron chi connectivity index (χ4n) is 3.78. The second kappa shape index (κ2) is 8.43. The largest absolute Gasteiger partial charge is 0.355 e. The molecule has 8 heteroatoms. The molecule has 0 saturated carbocycles. The molecule has 3 rings (SSSR count). The number of amides is 4. The van der Waals surface area contributed by atoms with Crippen molar-refractivity contribution in [2.45, 2.75) is 39.2 Å². The van der Waals surface area contributed by atoms with Crippen LogP contribution >= 0.6 is 0 Å². The summed E-state index contributed by atoms with van der Waals surface area (Å²) in [7, 11) is 0. The van der Waals surface area contributed by atoms with Crippen LogP contribution in [0.2, 0.25) is 0 Å². The van der Waals surface area contributed by atoms with Crippen molar-refractivity contribution in [1.29, 1.82) is 5.26 Å². The Hall–Kier alpha value is -3.21. The summed E-state index contributed by atoms with van der Waals surface area (Å²) in [6.07, 6.45) is 1.36. The molecule has 1 saturated heterocycles. The van der Waals surface area contributed by atoms with Crippen LogP contribution in [0.5, 0.6) is 0 Å². The number of likely N-dealkylation sites (tertiary alicyclic amines) is 1. The topological polar surface area (TPSA) is 111 Å². The highest BCUT2D eigenvalue weighted by Crippen LogP contribution is 2.27. The zero-order chi connectivity index (χ0) is 21.1. The quantitative estimate of drug-likeness (QED) is 0.760. The van der Waals surface area contributed by atoms with Gasteiger partial charge < -0.3 is 10.2 Å². The number of hydrogen-bond acceptors (Lipinski definition) is 5. The monoisotopic (exact) mass is 396 g/mol. The summed E-state index contributed by atoms with van der Waals surface area (Å²) in [5, 5.41) is 11.3. The van der Waals surface area contributed by atoms with Gasteiger partial charge >= 0.3 is 0 Å². The molecule has 1 aromatic rings. The van der Waals surface area contributed by atoms with Crippen LogP contribution in [-0.4, -0.2) is 59.1 Å². The van der Waals surface area contributed by atoms with Crippen LogP contribution in [0.3, 0.4) is 0 Å². The lowest BCUT2D eigenvalue weighted by atomic mass is 9.96. The fourth-order valence-corrected chi connectivity index (χ4v) is 3.78. The van der Waals surface area contributed by atoms with Crippen LogP contribution in [0.25, 0.3) is 0 Å². The molecule has 0 bridgehead atoms. The maximum absolute atomic E-state index is 12.9. The molecule has 2 aliphatic rings. The van der Waals surface area contributed by atoms with Gasteiger partial charge in [0, 0.05) is 31.2 Å². The minimum Gasteiger partial charge on any atom is -0.355 e. The van der Waals surface area contributed by atoms with E-state index in [0.717, 1.165) is 12.8 Å². The molecule has 0 radical (unpaired) electrons. The zero-order valence-corrected chi connectivity index (χ0v) is 16.6. The van der Waals surface area contributed by atoms with Crippen LogP contribution in [0.15, 0.2) is 18.2 Å². The van der Waals surface area contributed by atoms with Crippen LogP contribution in [0.4, 0.5) is 0 Å². The molecule has 1 aromatic carbocycles. The van der Waals surface area contributed by atoms with E-state index < -0.39 is 0 Å². The van der Waals surface area contributed by atoms with Crippen molar-refractivity contribution in [3.05, 3.63) is 34.9 Å². The molecule has 29 heavy (non-hydrogen) atoms. The highest BCUT2D eigenvalue weighted by Gasteiger charge is 2.37. The normalized spacial score (nSPS) is 16.8. The smallest absolute Gasteiger partial charge is 0.261 e. The Bertz CT molecular complexity index is 894. The van der Waals surface area contributed by atoms with Gasteiger partial charge in [-0.25, -0.2) is 0 Å². The summed E-state index contributed by atoms with van der Waals surface area (Å²) in [5.41, 5.74) is 1.02. The average Bonchev–Trinajstić information content (AvgIpc) is 2.96. The van der Waals surface area contributed by atoms with Crippen molar-refractivity contribution < 1.29 is 19.2 Å². The Morgan fingerprint density at radius 3 is 2.45 bits per heavy atom. The lowest BCUT2D eigenvalue weighted by molar-refractivity contribution is -0.120. The van der Waals surface area contributed by atoms with Crippen LogP contribution in [-0.2, 0) is 4.79 Å². The SMILES string of the molecule is CC(C)N1C(=O)c2ccc(C(=O)N3CCC(CNC(=O)CC#N)CC3)cc2C1=O. The molecule has 2 heterocycles. The van der Waals surface area contributed by atoms with E-state index in [9.17, 15) is 19.2 Å². The third-order valence-corrected chi connectivity index (χ3v) is 5.41. The van der Waals surface area contributed by atoms with Gasteiger partial charge in [0.25, 0.3) is 17.7 Å². The van der Waals surface area contributed by atoms with Gasteiger partial charge in [-0.3, -0.25) is 24.1 Å². The standard InChI is InChI=1S/C21H24N4O4/c1-13(2)25-20(28)16-4-3-15(11-17(16)21(25)29)19(27)24-9-6-14(7-10-24)12-23-18(26)5-8-22/h3-4,11,13-14H,5-7,9-10,12H2,1-2H3,(H,23,26). The zero-order valence-electron chi connectivity index (χ0n) is 16.6. The Balaban J connectivity index is 1.62. The summed E-state index contributed by atoms with van der Waals surface area (Å²) in [6.45, 7) is 5.17. The first kappa shape index (κ1) is 20.5. The van der Waals surface area contributed by atoms with E-state index in [2.05, 4.69) is 5.32 Å². The number of fused-ring (bicyclic) bond motifs is 1. The van der Waals surface area contributed by atoms with Crippen LogP contribution in [0.1, 0.15) is 64.2 Å². The van der Waals surface area contributed by atoms with Crippen molar-refractivity contribution in [1.82, 2.24) is 15.1 Å². The number of nitrogens with zero attached hydrogens (tertiary/aromatic N) is 3. The first-order valence-electron chi connectivity index (χ1n) is 9.78. The van der Waals surface area contributed by atoms with Gasteiger partial charge in [-0.2, -0.15) is 5.26 Å². The number of nitrogens with one attached hydrogen (secondary N) is 1. The van der Waals surface area contributed by atoms with Crippen molar-refractivity contribution in [2.75, 3.05) is 19.6 Å². The molecular weight excluding hydrogens is 372 g/mol. The second-order valence-electron chi connectivity index (χ2n) is 7.71. The number of piperidine rings is 1. The van der Waals surface area contributed by atoms with Gasteiger partial charge in [-0.05, 0) is 50.8 Å². The molecule has 0 atom stereocenters. The van der Waals surface area contributed by atoms with Crippen LogP contribution in [0, 0.1) is 17.2 Å². The predicted octanol–water partition coefficient (Wildman–Crippen LogP) is 1.57. The maximum atomic E-state index is 12.9. The molecule has 1 N–H and O–H groups in total. The second-order valence-corrected chi connectivity index (χ2v) is 7.71. The maximum Gasteiger partial charge on any atom is 0.261 e. The third kappa shape index (κ3) is 4.14. The van der Waals surface area contributed by atoms with E-state index in [-0.39, 0.29) is 47.6 Å². The van der Waals surface area contributed by atoms with Crippen molar-refractivity contribution in [3.63, 3.8) is 0 Å². The van der Waals surface area contributed by atoms with E-state index in [1.165, 1.54) is 11.0 Å². The number of benzene rings is 1. The number of carbonyl (C=O) groups excluding carboxylic acids is 4. The number of imide groups is 1. The third-order valence-electron chi connectivity index (χ3n) is 5.41. The number of hydrogen-bond donors (Lipinski definition) is 1. The number of nitriles is 1. The first-order chi connectivity index (χ1) is 13.8. The van der Waals surface area contributed by atoms with Gasteiger partial charge in [0.2, 0.25) is 5.91 Å². The van der Waals surface area contributed by atoms with Gasteiger partial charge in [0.15, 0.2) is 0 Å².